The van der Waals surface area contributed by atoms with Crippen molar-refractivity contribution in [2.24, 2.45) is 0 Å². The SMILES string of the molecule is Cc1cccc(CCC(=O)N2CC(C)OC(CCl)C2)c1. The quantitative estimate of drug-likeness (QED) is 0.800. The average molecular weight is 296 g/mol. The summed E-state index contributed by atoms with van der Waals surface area (Å²) in [6.07, 6.45) is 1.36. The van der Waals surface area contributed by atoms with E-state index in [0.29, 0.717) is 25.4 Å². The zero-order chi connectivity index (χ0) is 14.5. The smallest absolute Gasteiger partial charge is 0.223 e. The van der Waals surface area contributed by atoms with E-state index in [0.717, 1.165) is 6.42 Å². The summed E-state index contributed by atoms with van der Waals surface area (Å²) in [7, 11) is 0. The van der Waals surface area contributed by atoms with Crippen LogP contribution < -0.4 is 0 Å². The fraction of sp³-hybridized carbons (Fsp3) is 0.562. The van der Waals surface area contributed by atoms with Crippen molar-refractivity contribution in [2.75, 3.05) is 19.0 Å². The lowest BCUT2D eigenvalue weighted by Crippen LogP contribution is -2.49. The molecule has 20 heavy (non-hydrogen) atoms. The van der Waals surface area contributed by atoms with Gasteiger partial charge in [0, 0.05) is 19.5 Å². The number of nitrogens with zero attached hydrogens (tertiary/aromatic N) is 1. The fourth-order valence-corrected chi connectivity index (χ4v) is 2.78. The van der Waals surface area contributed by atoms with Crippen LogP contribution in [0.4, 0.5) is 0 Å². The molecule has 3 nitrogen and oxygen atoms in total. The zero-order valence-corrected chi connectivity index (χ0v) is 12.9. The van der Waals surface area contributed by atoms with E-state index < -0.39 is 0 Å². The normalized spacial score (nSPS) is 22.9. The van der Waals surface area contributed by atoms with Gasteiger partial charge in [0.1, 0.15) is 0 Å². The predicted octanol–water partition coefficient (Wildman–Crippen LogP) is 2.78. The molecule has 0 spiro atoms. The minimum atomic E-state index is -0.0386. The molecule has 1 saturated heterocycles. The van der Waals surface area contributed by atoms with Crippen molar-refractivity contribution in [3.63, 3.8) is 0 Å². The van der Waals surface area contributed by atoms with E-state index >= 15 is 0 Å². The van der Waals surface area contributed by atoms with E-state index in [1.165, 1.54) is 11.1 Å². The first-order valence-corrected chi connectivity index (χ1v) is 7.66. The summed E-state index contributed by atoms with van der Waals surface area (Å²) in [5.41, 5.74) is 2.45. The second-order valence-corrected chi connectivity index (χ2v) is 5.82. The molecule has 1 fully saturated rings. The topological polar surface area (TPSA) is 29.5 Å². The molecule has 2 unspecified atom stereocenters. The molecule has 0 N–H and O–H groups in total. The Labute approximate surface area is 125 Å². The largest absolute Gasteiger partial charge is 0.370 e. The summed E-state index contributed by atoms with van der Waals surface area (Å²) in [5, 5.41) is 0. The van der Waals surface area contributed by atoms with E-state index in [2.05, 4.69) is 25.1 Å². The van der Waals surface area contributed by atoms with Crippen molar-refractivity contribution in [3.8, 4) is 0 Å². The third-order valence-electron chi connectivity index (χ3n) is 3.56. The lowest BCUT2D eigenvalue weighted by Gasteiger charge is -2.36. The zero-order valence-electron chi connectivity index (χ0n) is 12.1. The van der Waals surface area contributed by atoms with E-state index in [1.54, 1.807) is 0 Å². The number of rotatable bonds is 4. The summed E-state index contributed by atoms with van der Waals surface area (Å²) < 4.78 is 5.67. The number of carbonyl (C=O) groups excluding carboxylic acids is 1. The maximum absolute atomic E-state index is 12.3. The van der Waals surface area contributed by atoms with Crippen LogP contribution in [0.1, 0.15) is 24.5 Å². The molecule has 2 atom stereocenters. The first-order valence-electron chi connectivity index (χ1n) is 7.13. The van der Waals surface area contributed by atoms with Gasteiger partial charge in [-0.05, 0) is 25.8 Å². The maximum Gasteiger partial charge on any atom is 0.223 e. The van der Waals surface area contributed by atoms with Crippen molar-refractivity contribution >= 4 is 17.5 Å². The van der Waals surface area contributed by atoms with Gasteiger partial charge in [0.2, 0.25) is 5.91 Å². The van der Waals surface area contributed by atoms with Crippen LogP contribution in [0.5, 0.6) is 0 Å². The van der Waals surface area contributed by atoms with Crippen molar-refractivity contribution in [1.82, 2.24) is 4.90 Å². The van der Waals surface area contributed by atoms with Crippen LogP contribution in [-0.2, 0) is 16.0 Å². The van der Waals surface area contributed by atoms with Crippen LogP contribution in [0.2, 0.25) is 0 Å². The van der Waals surface area contributed by atoms with Crippen molar-refractivity contribution in [3.05, 3.63) is 35.4 Å². The monoisotopic (exact) mass is 295 g/mol. The van der Waals surface area contributed by atoms with Gasteiger partial charge in [0.15, 0.2) is 0 Å². The second kappa shape index (κ2) is 7.09. The lowest BCUT2D eigenvalue weighted by atomic mass is 10.1. The highest BCUT2D eigenvalue weighted by Crippen LogP contribution is 2.15. The highest BCUT2D eigenvalue weighted by Gasteiger charge is 2.27. The number of carbonyl (C=O) groups is 1. The molecule has 1 aliphatic rings. The third-order valence-corrected chi connectivity index (χ3v) is 3.91. The summed E-state index contributed by atoms with van der Waals surface area (Å²) in [6, 6.07) is 8.32. The molecular weight excluding hydrogens is 274 g/mol. The van der Waals surface area contributed by atoms with Gasteiger partial charge in [-0.15, -0.1) is 11.6 Å². The summed E-state index contributed by atoms with van der Waals surface area (Å²) >= 11 is 5.84. The number of benzene rings is 1. The summed E-state index contributed by atoms with van der Waals surface area (Å²) in [4.78, 5) is 14.2. The Balaban J connectivity index is 1.88. The molecule has 1 amide bonds. The minimum absolute atomic E-state index is 0.0386. The molecule has 0 saturated carbocycles. The van der Waals surface area contributed by atoms with Crippen LogP contribution in [0.3, 0.4) is 0 Å². The van der Waals surface area contributed by atoms with Crippen LogP contribution in [-0.4, -0.2) is 42.0 Å². The number of halogens is 1. The Kier molecular flexibility index (Phi) is 5.44. The Morgan fingerprint density at radius 1 is 1.45 bits per heavy atom. The standard InChI is InChI=1S/C16H22ClNO2/c1-12-4-3-5-14(8-12)6-7-16(19)18-10-13(2)20-15(9-17)11-18/h3-5,8,13,15H,6-7,9-11H2,1-2H3. The number of alkyl halides is 1. The predicted molar refractivity (Wildman–Crippen MR) is 81.1 cm³/mol. The van der Waals surface area contributed by atoms with Crippen LogP contribution in [0.15, 0.2) is 24.3 Å². The van der Waals surface area contributed by atoms with Crippen LogP contribution in [0.25, 0.3) is 0 Å². The molecule has 0 aliphatic carbocycles. The highest BCUT2D eigenvalue weighted by atomic mass is 35.5. The number of aryl methyl sites for hydroxylation is 2. The minimum Gasteiger partial charge on any atom is -0.370 e. The van der Waals surface area contributed by atoms with Gasteiger partial charge in [-0.2, -0.15) is 0 Å². The van der Waals surface area contributed by atoms with E-state index in [4.69, 9.17) is 16.3 Å². The Morgan fingerprint density at radius 3 is 2.95 bits per heavy atom. The van der Waals surface area contributed by atoms with E-state index in [1.807, 2.05) is 17.9 Å². The first kappa shape index (κ1) is 15.3. The van der Waals surface area contributed by atoms with E-state index in [9.17, 15) is 4.79 Å². The number of ether oxygens (including phenoxy) is 1. The summed E-state index contributed by atoms with van der Waals surface area (Å²) in [6.45, 7) is 5.33. The van der Waals surface area contributed by atoms with Crippen molar-refractivity contribution < 1.29 is 9.53 Å². The van der Waals surface area contributed by atoms with Gasteiger partial charge >= 0.3 is 0 Å². The lowest BCUT2D eigenvalue weighted by molar-refractivity contribution is -0.142. The highest BCUT2D eigenvalue weighted by molar-refractivity contribution is 6.18. The molecule has 4 heteroatoms. The van der Waals surface area contributed by atoms with Crippen LogP contribution in [0, 0.1) is 6.92 Å². The second-order valence-electron chi connectivity index (χ2n) is 5.51. The molecule has 2 rings (SSSR count). The van der Waals surface area contributed by atoms with Gasteiger partial charge in [0.05, 0.1) is 18.1 Å². The average Bonchev–Trinajstić information content (AvgIpc) is 2.44. The molecule has 1 heterocycles. The first-order chi connectivity index (χ1) is 9.58. The van der Waals surface area contributed by atoms with Gasteiger partial charge < -0.3 is 9.64 Å². The van der Waals surface area contributed by atoms with Gasteiger partial charge in [0.25, 0.3) is 0 Å². The molecule has 1 aromatic carbocycles. The Morgan fingerprint density at radius 2 is 2.25 bits per heavy atom. The summed E-state index contributed by atoms with van der Waals surface area (Å²) in [5.74, 6) is 0.628. The van der Waals surface area contributed by atoms with Gasteiger partial charge in [-0.3, -0.25) is 4.79 Å². The Bertz CT molecular complexity index is 464. The molecule has 110 valence electrons. The Hall–Kier alpha value is -1.06. The van der Waals surface area contributed by atoms with Crippen molar-refractivity contribution in [1.29, 1.82) is 0 Å². The number of morpholine rings is 1. The molecule has 0 radical (unpaired) electrons. The molecule has 1 aromatic rings. The van der Waals surface area contributed by atoms with Crippen LogP contribution >= 0.6 is 11.6 Å². The van der Waals surface area contributed by atoms with E-state index in [-0.39, 0.29) is 18.1 Å². The number of amides is 1. The number of hydrogen-bond acceptors (Lipinski definition) is 2. The molecule has 0 bridgehead atoms. The fourth-order valence-electron chi connectivity index (χ4n) is 2.61. The molecule has 1 aliphatic heterocycles. The van der Waals surface area contributed by atoms with Gasteiger partial charge in [-0.25, -0.2) is 0 Å². The van der Waals surface area contributed by atoms with Gasteiger partial charge in [-0.1, -0.05) is 29.8 Å². The number of hydrogen-bond donors (Lipinski definition) is 0. The molecule has 0 aromatic heterocycles. The third kappa shape index (κ3) is 4.22. The van der Waals surface area contributed by atoms with Crippen molar-refractivity contribution in [2.45, 2.75) is 38.9 Å². The molecular formula is C16H22ClNO2. The maximum atomic E-state index is 12.3.